The van der Waals surface area contributed by atoms with Crippen molar-refractivity contribution in [3.8, 4) is 0 Å². The summed E-state index contributed by atoms with van der Waals surface area (Å²) in [5.41, 5.74) is 1.41. The van der Waals surface area contributed by atoms with E-state index >= 15 is 0 Å². The Hall–Kier alpha value is -3.51. The first kappa shape index (κ1) is 36.7. The van der Waals surface area contributed by atoms with Crippen molar-refractivity contribution >= 4 is 46.7 Å². The van der Waals surface area contributed by atoms with Crippen LogP contribution in [0.5, 0.6) is 0 Å². The van der Waals surface area contributed by atoms with Crippen LogP contribution in [0.2, 0.25) is 5.02 Å². The maximum Gasteiger partial charge on any atom is 0.338 e. The number of methoxy groups -OCH3 is 1. The number of carbonyl (C=O) groups excluding carboxylic acids is 3. The van der Waals surface area contributed by atoms with Crippen LogP contribution in [0.25, 0.3) is 0 Å². The Bertz CT molecular complexity index is 1340. The fraction of sp³-hybridized carbons (Fsp3) is 0.516. The number of nitrogens with zero attached hydrogens (tertiary/aromatic N) is 4. The molecule has 0 radical (unpaired) electrons. The van der Waals surface area contributed by atoms with Gasteiger partial charge in [0, 0.05) is 43.0 Å². The van der Waals surface area contributed by atoms with Gasteiger partial charge in [0.05, 0.1) is 36.3 Å². The lowest BCUT2D eigenvalue weighted by Crippen LogP contribution is -2.41. The van der Waals surface area contributed by atoms with Crippen LogP contribution in [0.15, 0.2) is 46.0 Å². The molecule has 44 heavy (non-hydrogen) atoms. The number of aromatic nitrogens is 1. The Labute approximate surface area is 268 Å². The van der Waals surface area contributed by atoms with Crippen molar-refractivity contribution in [2.24, 2.45) is 10.9 Å². The number of benzene rings is 1. The minimum atomic E-state index is -0.771. The number of carbonyl (C=O) groups is 3. The first-order chi connectivity index (χ1) is 21.1. The molecule has 10 nitrogen and oxygen atoms in total. The van der Waals surface area contributed by atoms with E-state index in [4.69, 9.17) is 21.1 Å². The van der Waals surface area contributed by atoms with Crippen LogP contribution in [0, 0.1) is 11.7 Å². The number of nitrogens with one attached hydrogen (secondary N) is 1. The van der Waals surface area contributed by atoms with Gasteiger partial charge in [-0.2, -0.15) is 0 Å². The number of thiazole rings is 1. The molecule has 242 valence electrons. The highest BCUT2D eigenvalue weighted by atomic mass is 35.5. The Morgan fingerprint density at radius 1 is 1.25 bits per heavy atom. The second-order valence-electron chi connectivity index (χ2n) is 9.69. The molecule has 1 aromatic heterocycles. The van der Waals surface area contributed by atoms with Crippen molar-refractivity contribution in [1.29, 1.82) is 0 Å². The lowest BCUT2D eigenvalue weighted by molar-refractivity contribution is -0.146. The van der Waals surface area contributed by atoms with Crippen LogP contribution in [0.3, 0.4) is 0 Å². The summed E-state index contributed by atoms with van der Waals surface area (Å²) in [6.07, 6.45) is 3.11. The van der Waals surface area contributed by atoms with Gasteiger partial charge in [-0.05, 0) is 32.8 Å². The molecular formula is C31H43ClFN5O5S. The molecule has 0 aliphatic carbocycles. The number of ether oxygens (including phenoxy) is 2. The number of esters is 2. The number of amides is 2. The van der Waals surface area contributed by atoms with Crippen LogP contribution in [0.1, 0.15) is 71.0 Å². The van der Waals surface area contributed by atoms with Crippen molar-refractivity contribution < 1.29 is 28.2 Å². The van der Waals surface area contributed by atoms with Crippen molar-refractivity contribution in [2.45, 2.75) is 66.5 Å². The van der Waals surface area contributed by atoms with E-state index in [0.29, 0.717) is 47.2 Å². The van der Waals surface area contributed by atoms with Gasteiger partial charge in [-0.3, -0.25) is 9.79 Å². The van der Waals surface area contributed by atoms with E-state index in [1.807, 2.05) is 40.0 Å². The van der Waals surface area contributed by atoms with Crippen LogP contribution < -0.4 is 5.32 Å². The highest BCUT2D eigenvalue weighted by Crippen LogP contribution is 2.37. The zero-order valence-corrected chi connectivity index (χ0v) is 28.2. The number of urea groups is 1. The Morgan fingerprint density at radius 2 is 1.95 bits per heavy atom. The molecule has 1 saturated heterocycles. The minimum absolute atomic E-state index is 0.00241. The Morgan fingerprint density at radius 3 is 2.52 bits per heavy atom. The average molecular weight is 652 g/mol. The molecule has 3 atom stereocenters. The Kier molecular flexibility index (Phi) is 14.8. The monoisotopic (exact) mass is 651 g/mol. The highest BCUT2D eigenvalue weighted by Gasteiger charge is 2.40. The molecule has 0 spiro atoms. The second-order valence-corrected chi connectivity index (χ2v) is 11.0. The molecule has 1 unspecified atom stereocenters. The predicted molar refractivity (Wildman–Crippen MR) is 171 cm³/mol. The summed E-state index contributed by atoms with van der Waals surface area (Å²) in [6, 6.07) is 3.65. The zero-order valence-electron chi connectivity index (χ0n) is 26.6. The van der Waals surface area contributed by atoms with Gasteiger partial charge >= 0.3 is 18.0 Å². The van der Waals surface area contributed by atoms with Gasteiger partial charge in [0.1, 0.15) is 11.9 Å². The number of halogens is 2. The van der Waals surface area contributed by atoms with E-state index in [0.717, 1.165) is 6.42 Å². The number of amidine groups is 1. The predicted octanol–water partition coefficient (Wildman–Crippen LogP) is 6.22. The number of allylic oxidation sites excluding steroid dienone is 1. The topological polar surface area (TPSA) is 113 Å². The quantitative estimate of drug-likeness (QED) is 0.320. The van der Waals surface area contributed by atoms with E-state index in [2.05, 4.69) is 15.3 Å². The standard InChI is InChI=1S/C18H17ClFN3O2S.C11H20N2O3.C2H6/c1-3-12-13(18(24)25-4-2)15(10-6-5-7-11(20)14(10)19)23-16(22-12)17-21-8-9-26-17;1-5-6-13-9(7-12(3)11(13)15)8(2)10(14)16-4;1-2/h5-9,15H,3-4H2,1-2H3,(H,22,23);8-9H,5-7H2,1-4H3;1-2H3/t15-;8?,9-;/m01./s1. The third kappa shape index (κ3) is 8.56. The largest absolute Gasteiger partial charge is 0.469 e. The summed E-state index contributed by atoms with van der Waals surface area (Å²) in [5.74, 6) is -1.06. The number of hydrogen-bond acceptors (Lipinski definition) is 9. The SMILES string of the molecule is CC.CCCN1C(=O)N(C)C[C@@H]1C(C)C(=O)OC.CCOC(=O)C1=C(CC)NC(c2nccs2)=N[C@H]1c1cccc(F)c1Cl. The average Bonchev–Trinajstić information content (AvgIpc) is 3.67. The highest BCUT2D eigenvalue weighted by molar-refractivity contribution is 7.11. The molecule has 1 aromatic carbocycles. The summed E-state index contributed by atoms with van der Waals surface area (Å²) in [4.78, 5) is 48.2. The fourth-order valence-electron chi connectivity index (χ4n) is 4.82. The molecule has 2 aliphatic heterocycles. The summed E-state index contributed by atoms with van der Waals surface area (Å²) < 4.78 is 24.0. The molecule has 0 saturated carbocycles. The van der Waals surface area contributed by atoms with E-state index in [1.54, 1.807) is 42.1 Å². The van der Waals surface area contributed by atoms with Gasteiger partial charge in [0.25, 0.3) is 0 Å². The number of aliphatic imine (C=N–C) groups is 1. The van der Waals surface area contributed by atoms with Gasteiger partial charge in [0.2, 0.25) is 0 Å². The first-order valence-electron chi connectivity index (χ1n) is 14.8. The molecule has 3 heterocycles. The second kappa shape index (κ2) is 17.7. The molecular weight excluding hydrogens is 609 g/mol. The summed E-state index contributed by atoms with van der Waals surface area (Å²) in [7, 11) is 3.14. The van der Waals surface area contributed by atoms with Crippen molar-refractivity contribution in [3.05, 3.63) is 62.5 Å². The third-order valence-electron chi connectivity index (χ3n) is 6.93. The van der Waals surface area contributed by atoms with Gasteiger partial charge in [-0.1, -0.05) is 51.4 Å². The summed E-state index contributed by atoms with van der Waals surface area (Å²) in [5, 5.41) is 5.62. The Balaban J connectivity index is 0.000000323. The lowest BCUT2D eigenvalue weighted by Gasteiger charge is -2.27. The molecule has 1 N–H and O–H groups in total. The van der Waals surface area contributed by atoms with E-state index in [1.165, 1.54) is 24.5 Å². The normalized spacial score (nSPS) is 18.3. The summed E-state index contributed by atoms with van der Waals surface area (Å²) in [6.45, 7) is 13.0. The molecule has 2 amide bonds. The van der Waals surface area contributed by atoms with E-state index in [9.17, 15) is 18.8 Å². The minimum Gasteiger partial charge on any atom is -0.469 e. The molecule has 13 heteroatoms. The van der Waals surface area contributed by atoms with Gasteiger partial charge < -0.3 is 24.6 Å². The molecule has 4 rings (SSSR count). The third-order valence-corrected chi connectivity index (χ3v) is 8.11. The molecule has 2 aromatic rings. The van der Waals surface area contributed by atoms with Crippen LogP contribution in [-0.4, -0.2) is 78.5 Å². The fourth-order valence-corrected chi connectivity index (χ4v) is 5.64. The van der Waals surface area contributed by atoms with Crippen molar-refractivity contribution in [1.82, 2.24) is 20.1 Å². The van der Waals surface area contributed by atoms with Crippen LogP contribution >= 0.6 is 22.9 Å². The summed E-state index contributed by atoms with van der Waals surface area (Å²) >= 11 is 7.60. The number of rotatable bonds is 9. The molecule has 0 bridgehead atoms. The maximum absolute atomic E-state index is 14.0. The molecule has 1 fully saturated rings. The van der Waals surface area contributed by atoms with E-state index < -0.39 is 17.8 Å². The lowest BCUT2D eigenvalue weighted by atomic mass is 9.94. The van der Waals surface area contributed by atoms with Gasteiger partial charge in [0.15, 0.2) is 10.8 Å². The first-order valence-corrected chi connectivity index (χ1v) is 16.0. The van der Waals surface area contributed by atoms with Crippen LogP contribution in [0.4, 0.5) is 9.18 Å². The van der Waals surface area contributed by atoms with Gasteiger partial charge in [-0.15, -0.1) is 11.3 Å². The van der Waals surface area contributed by atoms with E-state index in [-0.39, 0.29) is 35.6 Å². The molecule has 2 aliphatic rings. The maximum atomic E-state index is 14.0. The van der Waals surface area contributed by atoms with Crippen molar-refractivity contribution in [3.63, 3.8) is 0 Å². The number of likely N-dealkylation sites (N-methyl/N-ethyl adjacent to an activating group) is 1. The van der Waals surface area contributed by atoms with Gasteiger partial charge in [-0.25, -0.2) is 19.0 Å². The van der Waals surface area contributed by atoms with Crippen LogP contribution in [-0.2, 0) is 19.1 Å². The number of hydrogen-bond donors (Lipinski definition) is 1. The van der Waals surface area contributed by atoms with Crippen molar-refractivity contribution in [2.75, 3.05) is 33.9 Å². The zero-order chi connectivity index (χ0) is 33.0. The smallest absolute Gasteiger partial charge is 0.338 e.